The molecule has 0 unspecified atom stereocenters. The number of nitrogens with zero attached hydrogens (tertiary/aromatic N) is 3. The molecule has 0 spiro atoms. The molecule has 0 bridgehead atoms. The van der Waals surface area contributed by atoms with Crippen LogP contribution in [0.15, 0.2) is 42.5 Å². The first-order valence-electron chi connectivity index (χ1n) is 7.83. The fourth-order valence-corrected chi connectivity index (χ4v) is 2.61. The summed E-state index contributed by atoms with van der Waals surface area (Å²) in [6, 6.07) is 13.8. The molecule has 1 aromatic heterocycles. The Bertz CT molecular complexity index is 894. The molecule has 1 amide bonds. The van der Waals surface area contributed by atoms with Gasteiger partial charge in [-0.3, -0.25) is 4.79 Å². The van der Waals surface area contributed by atoms with E-state index >= 15 is 0 Å². The molecule has 0 atom stereocenters. The van der Waals surface area contributed by atoms with Gasteiger partial charge in [-0.2, -0.15) is 0 Å². The van der Waals surface area contributed by atoms with E-state index in [9.17, 15) is 4.79 Å². The fraction of sp³-hybridized carbons (Fsp3) is 0.211. The highest BCUT2D eigenvalue weighted by Crippen LogP contribution is 2.18. The van der Waals surface area contributed by atoms with Crippen LogP contribution in [0, 0.1) is 27.7 Å². The van der Waals surface area contributed by atoms with E-state index in [1.165, 1.54) is 5.56 Å². The Morgan fingerprint density at radius 1 is 0.958 bits per heavy atom. The van der Waals surface area contributed by atoms with Gasteiger partial charge in [-0.05, 0) is 51.5 Å². The molecule has 0 aliphatic heterocycles. The van der Waals surface area contributed by atoms with Gasteiger partial charge < -0.3 is 5.32 Å². The van der Waals surface area contributed by atoms with Gasteiger partial charge in [-0.15, -0.1) is 5.10 Å². The average Bonchev–Trinajstić information content (AvgIpc) is 2.92. The lowest BCUT2D eigenvalue weighted by Crippen LogP contribution is -2.15. The van der Waals surface area contributed by atoms with Crippen LogP contribution in [0.3, 0.4) is 0 Å². The summed E-state index contributed by atoms with van der Waals surface area (Å²) in [6.45, 7) is 7.87. The molecular formula is C19H20N4O. The van der Waals surface area contributed by atoms with Gasteiger partial charge in [-0.25, -0.2) is 4.68 Å². The summed E-state index contributed by atoms with van der Waals surface area (Å²) >= 11 is 0. The number of rotatable bonds is 3. The van der Waals surface area contributed by atoms with Crippen molar-refractivity contribution >= 4 is 11.6 Å². The maximum absolute atomic E-state index is 12.5. The molecule has 2 aromatic carbocycles. The van der Waals surface area contributed by atoms with Crippen molar-refractivity contribution in [2.75, 3.05) is 5.32 Å². The zero-order chi connectivity index (χ0) is 17.3. The summed E-state index contributed by atoms with van der Waals surface area (Å²) in [5.41, 5.74) is 6.06. The van der Waals surface area contributed by atoms with Crippen LogP contribution in [0.1, 0.15) is 32.9 Å². The van der Waals surface area contributed by atoms with Gasteiger partial charge in [0.15, 0.2) is 5.69 Å². The molecule has 1 heterocycles. The Kier molecular flexibility index (Phi) is 4.16. The second-order valence-corrected chi connectivity index (χ2v) is 6.04. The van der Waals surface area contributed by atoms with Crippen LogP contribution >= 0.6 is 0 Å². The van der Waals surface area contributed by atoms with E-state index in [2.05, 4.69) is 15.6 Å². The Labute approximate surface area is 141 Å². The van der Waals surface area contributed by atoms with Crippen LogP contribution in [0.4, 0.5) is 5.69 Å². The standard InChI is InChI=1S/C19H20N4O/c1-12-5-8-16(9-6-12)23-15(4)18(21-22-23)19(24)20-17-10-7-13(2)11-14(17)3/h5-11H,1-4H3,(H,20,24). The summed E-state index contributed by atoms with van der Waals surface area (Å²) in [7, 11) is 0. The zero-order valence-corrected chi connectivity index (χ0v) is 14.3. The van der Waals surface area contributed by atoms with Crippen molar-refractivity contribution in [2.24, 2.45) is 0 Å². The number of aryl methyl sites for hydroxylation is 3. The minimum Gasteiger partial charge on any atom is -0.320 e. The SMILES string of the molecule is Cc1ccc(-n2nnc(C(=O)Nc3ccc(C)cc3C)c2C)cc1. The second kappa shape index (κ2) is 6.28. The Morgan fingerprint density at radius 2 is 1.62 bits per heavy atom. The number of hydrogen-bond donors (Lipinski definition) is 1. The average molecular weight is 320 g/mol. The van der Waals surface area contributed by atoms with Crippen molar-refractivity contribution in [3.63, 3.8) is 0 Å². The van der Waals surface area contributed by atoms with Gasteiger partial charge >= 0.3 is 0 Å². The molecule has 0 saturated heterocycles. The number of hydrogen-bond acceptors (Lipinski definition) is 3. The molecular weight excluding hydrogens is 300 g/mol. The third-order valence-electron chi connectivity index (χ3n) is 4.02. The molecule has 24 heavy (non-hydrogen) atoms. The minimum atomic E-state index is -0.252. The lowest BCUT2D eigenvalue weighted by atomic mass is 10.1. The molecule has 1 N–H and O–H groups in total. The van der Waals surface area contributed by atoms with Gasteiger partial charge in [0, 0.05) is 5.69 Å². The molecule has 0 aliphatic rings. The summed E-state index contributed by atoms with van der Waals surface area (Å²) in [6.07, 6.45) is 0. The van der Waals surface area contributed by atoms with Gasteiger partial charge in [0.2, 0.25) is 0 Å². The van der Waals surface area contributed by atoms with E-state index in [1.54, 1.807) is 4.68 Å². The van der Waals surface area contributed by atoms with Crippen LogP contribution in [0.25, 0.3) is 5.69 Å². The first kappa shape index (κ1) is 15.9. The van der Waals surface area contributed by atoms with Crippen molar-refractivity contribution in [3.8, 4) is 5.69 Å². The molecule has 3 aromatic rings. The van der Waals surface area contributed by atoms with E-state index in [0.29, 0.717) is 11.4 Å². The van der Waals surface area contributed by atoms with Crippen molar-refractivity contribution in [2.45, 2.75) is 27.7 Å². The lowest BCUT2D eigenvalue weighted by Gasteiger charge is -2.08. The number of anilines is 1. The van der Waals surface area contributed by atoms with Gasteiger partial charge in [-0.1, -0.05) is 40.6 Å². The van der Waals surface area contributed by atoms with Crippen LogP contribution in [0.2, 0.25) is 0 Å². The molecule has 5 heteroatoms. The van der Waals surface area contributed by atoms with Crippen LogP contribution in [-0.4, -0.2) is 20.9 Å². The molecule has 3 rings (SSSR count). The predicted molar refractivity (Wildman–Crippen MR) is 94.7 cm³/mol. The number of carbonyl (C=O) groups is 1. The molecule has 0 aliphatic carbocycles. The first-order chi connectivity index (χ1) is 11.5. The second-order valence-electron chi connectivity index (χ2n) is 6.04. The maximum atomic E-state index is 12.5. The summed E-state index contributed by atoms with van der Waals surface area (Å²) < 4.78 is 1.68. The normalized spacial score (nSPS) is 10.7. The van der Waals surface area contributed by atoms with Crippen molar-refractivity contribution in [1.82, 2.24) is 15.0 Å². The van der Waals surface area contributed by atoms with E-state index < -0.39 is 0 Å². The quantitative estimate of drug-likeness (QED) is 0.799. The molecule has 122 valence electrons. The number of benzene rings is 2. The summed E-state index contributed by atoms with van der Waals surface area (Å²) in [5.74, 6) is -0.252. The topological polar surface area (TPSA) is 59.8 Å². The molecule has 5 nitrogen and oxygen atoms in total. The number of amides is 1. The van der Waals surface area contributed by atoms with Gasteiger partial charge in [0.1, 0.15) is 0 Å². The third-order valence-corrected chi connectivity index (χ3v) is 4.02. The Morgan fingerprint density at radius 3 is 2.29 bits per heavy atom. The predicted octanol–water partition coefficient (Wildman–Crippen LogP) is 3.75. The fourth-order valence-electron chi connectivity index (χ4n) is 2.61. The van der Waals surface area contributed by atoms with Crippen molar-refractivity contribution in [1.29, 1.82) is 0 Å². The highest BCUT2D eigenvalue weighted by Gasteiger charge is 2.18. The Balaban J connectivity index is 1.87. The Hall–Kier alpha value is -2.95. The highest BCUT2D eigenvalue weighted by molar-refractivity contribution is 6.04. The van der Waals surface area contributed by atoms with Gasteiger partial charge in [0.25, 0.3) is 5.91 Å². The van der Waals surface area contributed by atoms with E-state index in [-0.39, 0.29) is 5.91 Å². The summed E-state index contributed by atoms with van der Waals surface area (Å²) in [5, 5.41) is 11.1. The van der Waals surface area contributed by atoms with Crippen molar-refractivity contribution < 1.29 is 4.79 Å². The number of aromatic nitrogens is 3. The maximum Gasteiger partial charge on any atom is 0.278 e. The first-order valence-corrected chi connectivity index (χ1v) is 7.83. The molecule has 0 fully saturated rings. The monoisotopic (exact) mass is 320 g/mol. The van der Waals surface area contributed by atoms with E-state index in [4.69, 9.17) is 0 Å². The van der Waals surface area contributed by atoms with E-state index in [0.717, 1.165) is 22.5 Å². The number of carbonyl (C=O) groups excluding carboxylic acids is 1. The van der Waals surface area contributed by atoms with Crippen LogP contribution in [0.5, 0.6) is 0 Å². The van der Waals surface area contributed by atoms with Crippen LogP contribution < -0.4 is 5.32 Å². The zero-order valence-electron chi connectivity index (χ0n) is 14.3. The molecule has 0 saturated carbocycles. The van der Waals surface area contributed by atoms with Gasteiger partial charge in [0.05, 0.1) is 11.4 Å². The lowest BCUT2D eigenvalue weighted by molar-refractivity contribution is 0.102. The third kappa shape index (κ3) is 3.06. The largest absolute Gasteiger partial charge is 0.320 e. The van der Waals surface area contributed by atoms with E-state index in [1.807, 2.05) is 70.2 Å². The summed E-state index contributed by atoms with van der Waals surface area (Å²) in [4.78, 5) is 12.5. The highest BCUT2D eigenvalue weighted by atomic mass is 16.2. The smallest absolute Gasteiger partial charge is 0.278 e. The van der Waals surface area contributed by atoms with Crippen LogP contribution in [-0.2, 0) is 0 Å². The van der Waals surface area contributed by atoms with Crippen molar-refractivity contribution in [3.05, 3.63) is 70.5 Å². The molecule has 0 radical (unpaired) electrons. The minimum absolute atomic E-state index is 0.252. The number of nitrogens with one attached hydrogen (secondary N) is 1.